The molecule has 2 aromatic carbocycles. The van der Waals surface area contributed by atoms with Gasteiger partial charge in [0.25, 0.3) is 0 Å². The van der Waals surface area contributed by atoms with E-state index in [2.05, 4.69) is 0 Å². The molecule has 2 rings (SSSR count). The third-order valence-corrected chi connectivity index (χ3v) is 3.52. The largest absolute Gasteiger partial charge is 0.415 e. The van der Waals surface area contributed by atoms with E-state index in [1.165, 1.54) is 4.91 Å². The monoisotopic (exact) mass is 286 g/mol. The van der Waals surface area contributed by atoms with Gasteiger partial charge in [-0.3, -0.25) is 4.91 Å². The molecule has 0 bridgehead atoms. The molecule has 2 aromatic rings. The number of hydrogen-bond acceptors (Lipinski definition) is 2. The van der Waals surface area contributed by atoms with Gasteiger partial charge in [0.15, 0.2) is 10.6 Å². The molecule has 0 aromatic heterocycles. The van der Waals surface area contributed by atoms with Gasteiger partial charge in [-0.2, -0.15) is 0 Å². The van der Waals surface area contributed by atoms with Gasteiger partial charge in [-0.1, -0.05) is 41.0 Å². The first kappa shape index (κ1) is 17.2. The van der Waals surface area contributed by atoms with Crippen molar-refractivity contribution in [2.75, 3.05) is 0 Å². The molecule has 7 nitrogen and oxygen atoms in total. The first-order chi connectivity index (χ1) is 9.71. The molecule has 0 amide bonds. The van der Waals surface area contributed by atoms with Crippen LogP contribution in [0.1, 0.15) is 0 Å². The molecule has 0 atom stereocenters. The number of nitrogens with one attached hydrogen (secondary N) is 1. The van der Waals surface area contributed by atoms with Crippen LogP contribution in [0, 0.1) is 5.53 Å². The summed E-state index contributed by atoms with van der Waals surface area (Å²) in [5, 5.41) is 1.77. The number of hydrogen-bond donors (Lipinski definition) is 1. The van der Waals surface area contributed by atoms with Crippen molar-refractivity contribution in [1.82, 2.24) is 0 Å². The van der Waals surface area contributed by atoms with E-state index in [-0.39, 0.29) is 0 Å². The van der Waals surface area contributed by atoms with Gasteiger partial charge < -0.3 is 11.1 Å². The molecule has 0 heterocycles. The van der Waals surface area contributed by atoms with Crippen molar-refractivity contribution in [2.45, 2.75) is 0 Å². The lowest BCUT2D eigenvalue weighted by molar-refractivity contribution is 0.598. The molecule has 0 aliphatic rings. The van der Waals surface area contributed by atoms with Crippen LogP contribution in [0.2, 0.25) is 0 Å². The van der Waals surface area contributed by atoms with Gasteiger partial charge >= 0.3 is 7.80 Å². The van der Waals surface area contributed by atoms with Gasteiger partial charge in [0, 0.05) is 0 Å². The normalized spacial score (nSPS) is 7.60. The summed E-state index contributed by atoms with van der Waals surface area (Å²) in [6, 6.07) is 19.1. The van der Waals surface area contributed by atoms with E-state index >= 15 is 0 Å². The third-order valence-electron chi connectivity index (χ3n) is 1.98. The number of nitrogens with zero attached hydrogens (tertiary/aromatic N) is 5. The van der Waals surface area contributed by atoms with Crippen LogP contribution in [0.4, 0.5) is 0 Å². The molecular formula is C12H11N6OP. The Bertz CT molecular complexity index is 536. The second-order valence-electron chi connectivity index (χ2n) is 3.15. The average molecular weight is 286 g/mol. The molecule has 8 heteroatoms. The van der Waals surface area contributed by atoms with E-state index in [0.29, 0.717) is 0 Å². The topological polar surface area (TPSA) is 136 Å². The van der Waals surface area contributed by atoms with Gasteiger partial charge in [0.1, 0.15) is 0 Å². The van der Waals surface area contributed by atoms with Crippen molar-refractivity contribution >= 4 is 18.4 Å². The smallest absolute Gasteiger partial charge is 0.373 e. The molecule has 0 saturated carbocycles. The minimum Gasteiger partial charge on any atom is -0.373 e. The van der Waals surface area contributed by atoms with Crippen LogP contribution in [-0.2, 0) is 4.57 Å². The maximum atomic E-state index is 12.0. The molecule has 0 aliphatic heterocycles. The molecular weight excluding hydrogens is 275 g/mol. The predicted molar refractivity (Wildman–Crippen MR) is 79.3 cm³/mol. The van der Waals surface area contributed by atoms with Crippen molar-refractivity contribution in [3.63, 3.8) is 0 Å². The lowest BCUT2D eigenvalue weighted by Crippen LogP contribution is -2.04. The van der Waals surface area contributed by atoms with Gasteiger partial charge in [0.2, 0.25) is 0 Å². The van der Waals surface area contributed by atoms with E-state index in [1.807, 2.05) is 60.7 Å². The van der Waals surface area contributed by atoms with Crippen molar-refractivity contribution in [3.8, 4) is 0 Å². The lowest BCUT2D eigenvalue weighted by Gasteiger charge is -1.87. The van der Waals surface area contributed by atoms with Crippen LogP contribution in [0.5, 0.6) is 0 Å². The van der Waals surface area contributed by atoms with Gasteiger partial charge in [0.05, 0.1) is 0 Å². The SMILES string of the molecule is O=[P+](c1ccccc1)c1ccccc1.[N-]=[N+]=N.[N-]=[N+]=[N-]. The van der Waals surface area contributed by atoms with E-state index in [0.717, 1.165) is 10.6 Å². The van der Waals surface area contributed by atoms with Crippen molar-refractivity contribution in [1.29, 1.82) is 5.53 Å². The Hall–Kier alpha value is -2.84. The van der Waals surface area contributed by atoms with E-state index < -0.39 is 7.80 Å². The van der Waals surface area contributed by atoms with Crippen LogP contribution < -0.4 is 10.6 Å². The van der Waals surface area contributed by atoms with Crippen LogP contribution >= 0.6 is 7.80 Å². The maximum Gasteiger partial charge on any atom is 0.415 e. The van der Waals surface area contributed by atoms with E-state index in [9.17, 15) is 4.57 Å². The summed E-state index contributed by atoms with van der Waals surface area (Å²) < 4.78 is 12.0. The molecule has 0 fully saturated rings. The standard InChI is InChI=1S/C12H10OP.HN3.N3/c13-14(11-7-3-1-4-8-11)12-9-5-2-6-10-12;2*1-3-2/h1-10H;1H;/q+1;;-1. The Labute approximate surface area is 116 Å². The fourth-order valence-electron chi connectivity index (χ4n) is 1.28. The predicted octanol–water partition coefficient (Wildman–Crippen LogP) is 4.21. The van der Waals surface area contributed by atoms with E-state index in [1.54, 1.807) is 4.91 Å². The van der Waals surface area contributed by atoms with E-state index in [4.69, 9.17) is 22.1 Å². The highest BCUT2D eigenvalue weighted by atomic mass is 31.1. The summed E-state index contributed by atoms with van der Waals surface area (Å²) in [5.41, 5.74) is 25.8. The highest BCUT2D eigenvalue weighted by molar-refractivity contribution is 7.61. The van der Waals surface area contributed by atoms with Crippen molar-refractivity contribution in [3.05, 3.63) is 87.1 Å². The van der Waals surface area contributed by atoms with Crippen LogP contribution in [0.15, 0.2) is 60.7 Å². The number of benzene rings is 2. The summed E-state index contributed by atoms with van der Waals surface area (Å²) in [6.45, 7) is 0. The molecule has 0 spiro atoms. The zero-order valence-corrected chi connectivity index (χ0v) is 11.3. The van der Waals surface area contributed by atoms with Gasteiger partial charge in [-0.15, -0.1) is 5.53 Å². The number of rotatable bonds is 2. The molecule has 0 saturated heterocycles. The Morgan fingerprint density at radius 2 is 1.05 bits per heavy atom. The first-order valence-electron chi connectivity index (χ1n) is 5.27. The fraction of sp³-hybridized carbons (Fsp3) is 0. The first-order valence-corrected chi connectivity index (χ1v) is 6.53. The second-order valence-corrected chi connectivity index (χ2v) is 4.78. The lowest BCUT2D eigenvalue weighted by atomic mass is 10.4. The minimum atomic E-state index is -1.42. The molecule has 0 radical (unpaired) electrons. The van der Waals surface area contributed by atoms with Crippen molar-refractivity contribution in [2.24, 2.45) is 0 Å². The summed E-state index contributed by atoms with van der Waals surface area (Å²) >= 11 is 0. The highest BCUT2D eigenvalue weighted by Crippen LogP contribution is 2.18. The molecule has 0 aliphatic carbocycles. The zero-order valence-electron chi connectivity index (χ0n) is 10.4. The van der Waals surface area contributed by atoms with Crippen LogP contribution in [0.25, 0.3) is 26.4 Å². The fourth-order valence-corrected chi connectivity index (χ4v) is 2.46. The van der Waals surface area contributed by atoms with Gasteiger partial charge in [-0.05, 0) is 34.7 Å². The Balaban J connectivity index is 0.000000520. The maximum absolute atomic E-state index is 12.0. The molecule has 100 valence electrons. The summed E-state index contributed by atoms with van der Waals surface area (Å²) in [6.07, 6.45) is 0. The highest BCUT2D eigenvalue weighted by Gasteiger charge is 2.21. The Morgan fingerprint density at radius 3 is 1.30 bits per heavy atom. The van der Waals surface area contributed by atoms with Gasteiger partial charge in [-0.25, -0.2) is 0 Å². The Morgan fingerprint density at radius 1 is 0.800 bits per heavy atom. The molecule has 0 unspecified atom stereocenters. The quantitative estimate of drug-likeness (QED) is 0.376. The summed E-state index contributed by atoms with van der Waals surface area (Å²) in [5.74, 6) is 0. The molecule has 20 heavy (non-hydrogen) atoms. The Kier molecular flexibility index (Phi) is 9.66. The second kappa shape index (κ2) is 11.3. The molecule has 1 N–H and O–H groups in total. The van der Waals surface area contributed by atoms with Crippen molar-refractivity contribution < 1.29 is 4.57 Å². The third kappa shape index (κ3) is 6.79. The zero-order chi connectivity index (χ0) is 15.2. The average Bonchev–Trinajstić information content (AvgIpc) is 2.50. The minimum absolute atomic E-state index is 0.883. The summed E-state index contributed by atoms with van der Waals surface area (Å²) in [4.78, 5) is 3.25. The van der Waals surface area contributed by atoms with Crippen LogP contribution in [0.3, 0.4) is 0 Å². The summed E-state index contributed by atoms with van der Waals surface area (Å²) in [7, 11) is -1.42. The van der Waals surface area contributed by atoms with Crippen LogP contribution in [-0.4, -0.2) is 0 Å².